The van der Waals surface area contributed by atoms with Crippen molar-refractivity contribution in [1.29, 1.82) is 0 Å². The summed E-state index contributed by atoms with van der Waals surface area (Å²) in [6.07, 6.45) is 14.8. The Kier molecular flexibility index (Phi) is 13.3. The Morgan fingerprint density at radius 3 is 2.00 bits per heavy atom. The molecule has 2 aliphatic rings. The van der Waals surface area contributed by atoms with Gasteiger partial charge in [-0.05, 0) is 94.9 Å². The average molecular weight is 619 g/mol. The van der Waals surface area contributed by atoms with E-state index in [4.69, 9.17) is 13.3 Å². The van der Waals surface area contributed by atoms with Crippen LogP contribution in [0, 0.1) is 23.7 Å². The average Bonchev–Trinajstić information content (AvgIpc) is 3.49. The topological polar surface area (TPSA) is 27.7 Å². The molecule has 0 spiro atoms. The van der Waals surface area contributed by atoms with E-state index in [1.165, 1.54) is 32.1 Å². The van der Waals surface area contributed by atoms with Crippen molar-refractivity contribution >= 4 is 25.0 Å². The van der Waals surface area contributed by atoms with Crippen LogP contribution in [0.25, 0.3) is 0 Å². The summed E-state index contributed by atoms with van der Waals surface area (Å²) in [4.78, 5) is 0. The lowest BCUT2D eigenvalue weighted by atomic mass is 9.89. The van der Waals surface area contributed by atoms with Crippen LogP contribution in [0.1, 0.15) is 107 Å². The fraction of sp³-hybridized carbons (Fsp3) is 0.829. The summed E-state index contributed by atoms with van der Waals surface area (Å²) in [6.45, 7) is 30.0. The second-order valence-corrected chi connectivity index (χ2v) is 29.6. The summed E-state index contributed by atoms with van der Waals surface area (Å²) in [7, 11) is -5.51. The monoisotopic (exact) mass is 618 g/mol. The van der Waals surface area contributed by atoms with Gasteiger partial charge in [0.15, 0.2) is 16.6 Å². The molecule has 2 rings (SSSR count). The van der Waals surface area contributed by atoms with E-state index in [1.54, 1.807) is 0 Å². The maximum Gasteiger partial charge on any atom is 0.250 e. The van der Waals surface area contributed by atoms with E-state index in [-0.39, 0.29) is 22.7 Å². The van der Waals surface area contributed by atoms with Crippen molar-refractivity contribution < 1.29 is 13.3 Å². The van der Waals surface area contributed by atoms with Crippen LogP contribution in [0.2, 0.25) is 55.9 Å². The Bertz CT molecular complexity index is 942. The first-order valence-electron chi connectivity index (χ1n) is 16.8. The zero-order valence-corrected chi connectivity index (χ0v) is 32.4. The first-order chi connectivity index (χ1) is 18.9. The standard InChI is InChI=1S/C35H66O3Si3/c1-14-21-30-31(24-20-26-35(8,38-39(9,10)11)27-25-29-22-18-19-23-29)33(37-41(15-2,16-3)17-4)28-32(30)36-40(12,13)34(5,6)7/h20,24,29,31,33H,15-19,22-23,25-28H2,1-13H3/b24-20+. The second-order valence-electron chi connectivity index (χ2n) is 15.7. The van der Waals surface area contributed by atoms with E-state index in [2.05, 4.69) is 105 Å². The largest absolute Gasteiger partial charge is 0.546 e. The van der Waals surface area contributed by atoms with Gasteiger partial charge in [0, 0.05) is 17.9 Å². The first kappa shape index (κ1) is 36.6. The molecular weight excluding hydrogens is 553 g/mol. The SMILES string of the molecule is CC#CC1=C(O[Si](C)(C)C(C)(C)C)CC(O[Si](CC)(CC)CC)C1/C=C/CC(C)(CCC1CCCC1)O[Si](C)(C)C. The van der Waals surface area contributed by atoms with Crippen molar-refractivity contribution in [3.63, 3.8) is 0 Å². The molecule has 1 fully saturated rings. The molecular formula is C35H66O3Si3. The minimum Gasteiger partial charge on any atom is -0.546 e. The van der Waals surface area contributed by atoms with Crippen LogP contribution in [0.4, 0.5) is 0 Å². The summed E-state index contributed by atoms with van der Waals surface area (Å²) in [5.74, 6) is 8.89. The summed E-state index contributed by atoms with van der Waals surface area (Å²) in [5.41, 5.74) is 1.04. The lowest BCUT2D eigenvalue weighted by Gasteiger charge is -2.37. The van der Waals surface area contributed by atoms with Gasteiger partial charge >= 0.3 is 0 Å². The zero-order valence-electron chi connectivity index (χ0n) is 29.4. The molecule has 0 bridgehead atoms. The molecule has 2 aliphatic carbocycles. The highest BCUT2D eigenvalue weighted by atomic mass is 28.4. The minimum atomic E-state index is -2.00. The van der Waals surface area contributed by atoms with Gasteiger partial charge in [0.2, 0.25) is 8.32 Å². The summed E-state index contributed by atoms with van der Waals surface area (Å²) < 4.78 is 21.2. The molecule has 0 N–H and O–H groups in total. The molecule has 0 heterocycles. The van der Waals surface area contributed by atoms with Crippen molar-refractivity contribution in [2.24, 2.45) is 11.8 Å². The molecule has 0 saturated heterocycles. The molecule has 1 saturated carbocycles. The molecule has 0 aromatic rings. The van der Waals surface area contributed by atoms with Gasteiger partial charge in [-0.2, -0.15) is 0 Å². The van der Waals surface area contributed by atoms with E-state index in [1.807, 2.05) is 6.92 Å². The molecule has 236 valence electrons. The Morgan fingerprint density at radius 1 is 0.927 bits per heavy atom. The maximum atomic E-state index is 7.23. The second kappa shape index (κ2) is 14.9. The number of rotatable bonds is 15. The third-order valence-electron chi connectivity index (χ3n) is 10.2. The molecule has 41 heavy (non-hydrogen) atoms. The molecule has 3 nitrogen and oxygen atoms in total. The third-order valence-corrected chi connectivity index (χ3v) is 20.3. The van der Waals surface area contributed by atoms with E-state index in [9.17, 15) is 0 Å². The predicted molar refractivity (Wildman–Crippen MR) is 187 cm³/mol. The molecule has 3 atom stereocenters. The summed E-state index contributed by atoms with van der Waals surface area (Å²) in [5, 5.41) is 0.138. The van der Waals surface area contributed by atoms with Crippen LogP contribution >= 0.6 is 0 Å². The van der Waals surface area contributed by atoms with Gasteiger partial charge in [0.05, 0.1) is 17.5 Å². The Hall–Kier alpha value is -0.589. The summed E-state index contributed by atoms with van der Waals surface area (Å²) in [6, 6.07) is 3.47. The van der Waals surface area contributed by atoms with Crippen LogP contribution in [0.5, 0.6) is 0 Å². The van der Waals surface area contributed by atoms with Crippen LogP contribution < -0.4 is 0 Å². The minimum absolute atomic E-state index is 0.107. The van der Waals surface area contributed by atoms with E-state index >= 15 is 0 Å². The highest BCUT2D eigenvalue weighted by molar-refractivity contribution is 6.74. The highest BCUT2D eigenvalue weighted by Crippen LogP contribution is 2.45. The van der Waals surface area contributed by atoms with Crippen molar-refractivity contribution in [2.45, 2.75) is 174 Å². The number of hydrogen-bond donors (Lipinski definition) is 0. The van der Waals surface area contributed by atoms with E-state index in [0.29, 0.717) is 0 Å². The van der Waals surface area contributed by atoms with Crippen molar-refractivity contribution in [3.8, 4) is 11.8 Å². The highest BCUT2D eigenvalue weighted by Gasteiger charge is 2.45. The molecule has 0 aromatic carbocycles. The van der Waals surface area contributed by atoms with Crippen LogP contribution in [-0.4, -0.2) is 36.7 Å². The van der Waals surface area contributed by atoms with Gasteiger partial charge in [-0.3, -0.25) is 0 Å². The quantitative estimate of drug-likeness (QED) is 0.104. The van der Waals surface area contributed by atoms with Gasteiger partial charge in [-0.25, -0.2) is 0 Å². The molecule has 0 radical (unpaired) electrons. The van der Waals surface area contributed by atoms with Crippen molar-refractivity contribution in [1.82, 2.24) is 0 Å². The van der Waals surface area contributed by atoms with Gasteiger partial charge in [-0.1, -0.05) is 85.3 Å². The van der Waals surface area contributed by atoms with Crippen molar-refractivity contribution in [2.75, 3.05) is 0 Å². The fourth-order valence-electron chi connectivity index (χ4n) is 6.50. The molecule has 0 aliphatic heterocycles. The molecule has 3 unspecified atom stereocenters. The smallest absolute Gasteiger partial charge is 0.250 e. The number of hydrogen-bond acceptors (Lipinski definition) is 3. The maximum absolute atomic E-state index is 7.23. The fourth-order valence-corrected chi connectivity index (χ4v) is 12.2. The van der Waals surface area contributed by atoms with Gasteiger partial charge < -0.3 is 13.3 Å². The summed E-state index contributed by atoms with van der Waals surface area (Å²) >= 11 is 0. The van der Waals surface area contributed by atoms with Gasteiger partial charge in [-0.15, -0.1) is 5.92 Å². The van der Waals surface area contributed by atoms with E-state index in [0.717, 1.165) is 54.6 Å². The Morgan fingerprint density at radius 2 is 1.51 bits per heavy atom. The van der Waals surface area contributed by atoms with E-state index < -0.39 is 25.0 Å². The van der Waals surface area contributed by atoms with Crippen molar-refractivity contribution in [3.05, 3.63) is 23.5 Å². The normalized spacial score (nSPS) is 22.8. The lowest BCUT2D eigenvalue weighted by Crippen LogP contribution is -2.42. The first-order valence-corrected chi connectivity index (χ1v) is 25.7. The van der Waals surface area contributed by atoms with Crippen LogP contribution in [0.15, 0.2) is 23.5 Å². The Labute approximate surface area is 259 Å². The van der Waals surface area contributed by atoms with Crippen LogP contribution in [-0.2, 0) is 13.3 Å². The lowest BCUT2D eigenvalue weighted by molar-refractivity contribution is 0.0664. The molecule has 0 aromatic heterocycles. The molecule has 0 amide bonds. The zero-order chi connectivity index (χ0) is 31.1. The predicted octanol–water partition coefficient (Wildman–Crippen LogP) is 11.2. The van der Waals surface area contributed by atoms with Gasteiger partial charge in [0.25, 0.3) is 0 Å². The molecule has 6 heteroatoms. The third kappa shape index (κ3) is 10.5. The van der Waals surface area contributed by atoms with Gasteiger partial charge in [0.1, 0.15) is 0 Å². The van der Waals surface area contributed by atoms with Crippen LogP contribution in [0.3, 0.4) is 0 Å². The Balaban J connectivity index is 2.43.